The van der Waals surface area contributed by atoms with Crippen LogP contribution in [-0.4, -0.2) is 55.6 Å². The summed E-state index contributed by atoms with van der Waals surface area (Å²) in [7, 11) is 7.05. The van der Waals surface area contributed by atoms with Crippen LogP contribution in [0, 0.1) is 6.92 Å². The van der Waals surface area contributed by atoms with Gasteiger partial charge in [-0.05, 0) is 56.3 Å². The van der Waals surface area contributed by atoms with Crippen LogP contribution >= 0.6 is 11.3 Å². The van der Waals surface area contributed by atoms with Crippen molar-refractivity contribution in [2.24, 2.45) is 0 Å². The topological polar surface area (TPSA) is 54.9 Å². The Morgan fingerprint density at radius 1 is 1.13 bits per heavy atom. The number of benzene rings is 2. The molecule has 0 spiro atoms. The summed E-state index contributed by atoms with van der Waals surface area (Å²) in [6, 6.07) is 11.9. The van der Waals surface area contributed by atoms with Crippen LogP contribution in [0.15, 0.2) is 36.4 Å². The lowest BCUT2D eigenvalue weighted by molar-refractivity contribution is -0.132. The number of amides is 1. The zero-order chi connectivity index (χ0) is 21.8. The quantitative estimate of drug-likeness (QED) is 0.537. The van der Waals surface area contributed by atoms with Gasteiger partial charge in [0, 0.05) is 13.6 Å². The first kappa shape index (κ1) is 22.1. The van der Waals surface area contributed by atoms with E-state index in [4.69, 9.17) is 14.5 Å². The number of ether oxygens (including phenoxy) is 2. The van der Waals surface area contributed by atoms with E-state index in [-0.39, 0.29) is 11.9 Å². The Morgan fingerprint density at radius 2 is 1.80 bits per heavy atom. The predicted octanol–water partition coefficient (Wildman–Crippen LogP) is 4.27. The third kappa shape index (κ3) is 4.74. The molecule has 6 nitrogen and oxygen atoms in total. The van der Waals surface area contributed by atoms with E-state index in [1.54, 1.807) is 30.5 Å². The number of likely N-dealkylation sites (N-methyl/N-ethyl adjacent to an activating group) is 2. The lowest BCUT2D eigenvalue weighted by atomic mass is 10.1. The molecule has 160 valence electrons. The molecule has 7 heteroatoms. The fourth-order valence-corrected chi connectivity index (χ4v) is 4.40. The van der Waals surface area contributed by atoms with Crippen LogP contribution in [0.2, 0.25) is 0 Å². The summed E-state index contributed by atoms with van der Waals surface area (Å²) in [5.41, 5.74) is 3.18. The highest BCUT2D eigenvalue weighted by Gasteiger charge is 2.22. The van der Waals surface area contributed by atoms with E-state index >= 15 is 0 Å². The monoisotopic (exact) mass is 427 g/mol. The van der Waals surface area contributed by atoms with Crippen molar-refractivity contribution in [2.75, 3.05) is 34.9 Å². The molecule has 0 fully saturated rings. The molecule has 0 unspecified atom stereocenters. The van der Waals surface area contributed by atoms with Gasteiger partial charge in [0.2, 0.25) is 5.91 Å². The van der Waals surface area contributed by atoms with Crippen molar-refractivity contribution in [2.45, 2.75) is 26.4 Å². The van der Waals surface area contributed by atoms with Crippen LogP contribution in [0.3, 0.4) is 0 Å². The smallest absolute Gasteiger partial charge is 0.237 e. The Hall–Kier alpha value is -2.64. The molecule has 0 N–H and O–H groups in total. The maximum absolute atomic E-state index is 12.9. The molecule has 0 aliphatic heterocycles. The van der Waals surface area contributed by atoms with Gasteiger partial charge in [0.05, 0.1) is 37.0 Å². The lowest BCUT2D eigenvalue weighted by Crippen LogP contribution is -2.37. The van der Waals surface area contributed by atoms with E-state index in [1.165, 1.54) is 0 Å². The Balaban J connectivity index is 1.66. The number of rotatable bonds is 8. The minimum atomic E-state index is -0.0777. The number of fused-ring (bicyclic) bond motifs is 1. The van der Waals surface area contributed by atoms with E-state index in [2.05, 4.69) is 6.07 Å². The maximum atomic E-state index is 12.9. The SMILES string of the molecule is COc1cc(C)c(CN(C)CC(=O)N(C)[C@H](C)c2nc3ccccc3s2)cc1OC. The minimum absolute atomic E-state index is 0.0578. The lowest BCUT2D eigenvalue weighted by Gasteiger charge is -2.26. The molecule has 0 aliphatic rings. The largest absolute Gasteiger partial charge is 0.493 e. The summed E-state index contributed by atoms with van der Waals surface area (Å²) in [6.07, 6.45) is 0. The van der Waals surface area contributed by atoms with Crippen molar-refractivity contribution in [3.8, 4) is 11.5 Å². The van der Waals surface area contributed by atoms with E-state index in [0.717, 1.165) is 26.4 Å². The number of aryl methyl sites for hydroxylation is 1. The summed E-state index contributed by atoms with van der Waals surface area (Å²) >= 11 is 1.64. The number of methoxy groups -OCH3 is 2. The molecule has 1 atom stereocenters. The van der Waals surface area contributed by atoms with Crippen molar-refractivity contribution in [1.29, 1.82) is 0 Å². The van der Waals surface area contributed by atoms with Gasteiger partial charge in [0.25, 0.3) is 0 Å². The van der Waals surface area contributed by atoms with Gasteiger partial charge in [-0.25, -0.2) is 4.98 Å². The average molecular weight is 428 g/mol. The first-order chi connectivity index (χ1) is 14.3. The van der Waals surface area contributed by atoms with Gasteiger partial charge in [-0.2, -0.15) is 0 Å². The number of aromatic nitrogens is 1. The average Bonchev–Trinajstić information content (AvgIpc) is 3.17. The molecule has 1 heterocycles. The summed E-state index contributed by atoms with van der Waals surface area (Å²) in [5.74, 6) is 1.46. The summed E-state index contributed by atoms with van der Waals surface area (Å²) < 4.78 is 11.9. The van der Waals surface area contributed by atoms with Gasteiger partial charge in [-0.3, -0.25) is 9.69 Å². The van der Waals surface area contributed by atoms with Crippen molar-refractivity contribution in [3.63, 3.8) is 0 Å². The highest BCUT2D eigenvalue weighted by atomic mass is 32.1. The Morgan fingerprint density at radius 3 is 2.47 bits per heavy atom. The van der Waals surface area contributed by atoms with E-state index in [9.17, 15) is 4.79 Å². The molecule has 1 aromatic heterocycles. The number of carbonyl (C=O) groups excluding carboxylic acids is 1. The fraction of sp³-hybridized carbons (Fsp3) is 0.391. The molecule has 0 saturated carbocycles. The number of hydrogen-bond acceptors (Lipinski definition) is 6. The molecule has 3 rings (SSSR count). The molecular weight excluding hydrogens is 398 g/mol. The van der Waals surface area contributed by atoms with Crippen molar-refractivity contribution >= 4 is 27.5 Å². The van der Waals surface area contributed by atoms with Crippen molar-refractivity contribution in [1.82, 2.24) is 14.8 Å². The molecule has 0 aliphatic carbocycles. The molecular formula is C23H29N3O3S. The van der Waals surface area contributed by atoms with E-state index < -0.39 is 0 Å². The first-order valence-corrected chi connectivity index (χ1v) is 10.7. The third-order valence-electron chi connectivity index (χ3n) is 5.33. The van der Waals surface area contributed by atoms with Crippen LogP contribution in [0.5, 0.6) is 11.5 Å². The second-order valence-corrected chi connectivity index (χ2v) is 8.57. The summed E-state index contributed by atoms with van der Waals surface area (Å²) in [6.45, 7) is 5.02. The van der Waals surface area contributed by atoms with Crippen LogP contribution in [0.1, 0.15) is 29.1 Å². The third-order valence-corrected chi connectivity index (χ3v) is 6.54. The maximum Gasteiger partial charge on any atom is 0.237 e. The summed E-state index contributed by atoms with van der Waals surface area (Å²) in [5, 5.41) is 0.949. The number of para-hydroxylation sites is 1. The predicted molar refractivity (Wildman–Crippen MR) is 121 cm³/mol. The van der Waals surface area contributed by atoms with Crippen molar-refractivity contribution < 1.29 is 14.3 Å². The molecule has 0 bridgehead atoms. The Labute approximate surface area is 182 Å². The second-order valence-electron chi connectivity index (χ2n) is 7.51. The zero-order valence-electron chi connectivity index (χ0n) is 18.4. The number of nitrogens with zero attached hydrogens (tertiary/aromatic N) is 3. The van der Waals surface area contributed by atoms with Gasteiger partial charge in [-0.15, -0.1) is 11.3 Å². The number of carbonyl (C=O) groups is 1. The Bertz CT molecular complexity index is 1000. The van der Waals surface area contributed by atoms with Gasteiger partial charge < -0.3 is 14.4 Å². The van der Waals surface area contributed by atoms with Crippen LogP contribution in [-0.2, 0) is 11.3 Å². The summed E-state index contributed by atoms with van der Waals surface area (Å²) in [4.78, 5) is 21.4. The molecule has 0 saturated heterocycles. The van der Waals surface area contributed by atoms with Crippen molar-refractivity contribution in [3.05, 3.63) is 52.5 Å². The van der Waals surface area contributed by atoms with E-state index in [0.29, 0.717) is 24.6 Å². The van der Waals surface area contributed by atoms with Crippen LogP contribution in [0.25, 0.3) is 10.2 Å². The highest BCUT2D eigenvalue weighted by molar-refractivity contribution is 7.18. The van der Waals surface area contributed by atoms with E-state index in [1.807, 2.05) is 63.2 Å². The zero-order valence-corrected chi connectivity index (χ0v) is 19.2. The number of thiazole rings is 1. The standard InChI is InChI=1S/C23H29N3O3S/c1-15-11-19(28-5)20(29-6)12-17(15)13-25(3)14-22(27)26(4)16(2)23-24-18-9-7-8-10-21(18)30-23/h7-12,16H,13-14H2,1-6H3/t16-/m1/s1. The van der Waals surface area contributed by atoms with Crippen LogP contribution < -0.4 is 9.47 Å². The highest BCUT2D eigenvalue weighted by Crippen LogP contribution is 2.31. The Kier molecular flexibility index (Phi) is 6.95. The molecule has 0 radical (unpaired) electrons. The minimum Gasteiger partial charge on any atom is -0.493 e. The van der Waals surface area contributed by atoms with Gasteiger partial charge in [0.15, 0.2) is 11.5 Å². The van der Waals surface area contributed by atoms with Gasteiger partial charge in [0.1, 0.15) is 5.01 Å². The first-order valence-electron chi connectivity index (χ1n) is 9.85. The molecule has 30 heavy (non-hydrogen) atoms. The molecule has 3 aromatic rings. The number of hydrogen-bond donors (Lipinski definition) is 0. The normalized spacial score (nSPS) is 12.2. The van der Waals surface area contributed by atoms with Crippen LogP contribution in [0.4, 0.5) is 0 Å². The molecule has 1 amide bonds. The van der Waals surface area contributed by atoms with Gasteiger partial charge in [-0.1, -0.05) is 12.1 Å². The molecule has 2 aromatic carbocycles. The second kappa shape index (κ2) is 9.45. The fourth-order valence-electron chi connectivity index (χ4n) is 3.33. The van der Waals surface area contributed by atoms with Gasteiger partial charge >= 0.3 is 0 Å².